The first kappa shape index (κ1) is 20.5. The fraction of sp³-hybridized carbons (Fsp3) is 0.167. The molecule has 0 aliphatic carbocycles. The number of rotatable bonds is 6. The molecule has 0 aromatic heterocycles. The van der Waals surface area contributed by atoms with Crippen LogP contribution in [0, 0.1) is 11.6 Å². The average Bonchev–Trinajstić information content (AvgIpc) is 3.11. The molecule has 1 N–H and O–H groups in total. The molecule has 0 unspecified atom stereocenters. The number of carbonyl (C=O) groups excluding carboxylic acids is 2. The Morgan fingerprint density at radius 2 is 1.84 bits per heavy atom. The van der Waals surface area contributed by atoms with Crippen LogP contribution in [-0.2, 0) is 11.3 Å². The van der Waals surface area contributed by atoms with Crippen LogP contribution >= 0.6 is 0 Å². The summed E-state index contributed by atoms with van der Waals surface area (Å²) < 4.78 is 32.3. The Balaban J connectivity index is 1.61. The molecule has 0 saturated carbocycles. The Morgan fingerprint density at radius 1 is 1.10 bits per heavy atom. The molecule has 5 nitrogen and oxygen atoms in total. The number of methoxy groups -OCH3 is 1. The first-order valence-corrected chi connectivity index (χ1v) is 9.74. The Hall–Kier alpha value is -3.74. The summed E-state index contributed by atoms with van der Waals surface area (Å²) in [4.78, 5) is 27.4. The lowest BCUT2D eigenvalue weighted by Gasteiger charge is -2.28. The van der Waals surface area contributed by atoms with Gasteiger partial charge in [-0.2, -0.15) is 0 Å². The topological polar surface area (TPSA) is 58.6 Å². The molecule has 31 heavy (non-hydrogen) atoms. The lowest BCUT2D eigenvalue weighted by Crippen LogP contribution is -2.32. The summed E-state index contributed by atoms with van der Waals surface area (Å²) >= 11 is 0. The highest BCUT2D eigenvalue weighted by molar-refractivity contribution is 5.99. The summed E-state index contributed by atoms with van der Waals surface area (Å²) in [5, 5.41) is 2.48. The van der Waals surface area contributed by atoms with E-state index in [4.69, 9.17) is 4.74 Å². The number of fused-ring (bicyclic) bond motifs is 1. The highest BCUT2D eigenvalue weighted by Crippen LogP contribution is 2.34. The minimum Gasteiger partial charge on any atom is -0.497 e. The van der Waals surface area contributed by atoms with Crippen molar-refractivity contribution in [2.75, 3.05) is 12.4 Å². The van der Waals surface area contributed by atoms with E-state index in [1.165, 1.54) is 6.07 Å². The van der Waals surface area contributed by atoms with Crippen molar-refractivity contribution in [3.8, 4) is 5.75 Å². The van der Waals surface area contributed by atoms with Crippen molar-refractivity contribution in [3.05, 3.63) is 95.1 Å². The first-order chi connectivity index (χ1) is 15.0. The molecule has 1 aliphatic rings. The summed E-state index contributed by atoms with van der Waals surface area (Å²) in [6.45, 7) is 0.365. The molecule has 2 amide bonds. The minimum absolute atomic E-state index is 0.0944. The van der Waals surface area contributed by atoms with Gasteiger partial charge in [0.15, 0.2) is 0 Å². The molecular formula is C24H20F2N2O3. The SMILES string of the molecule is COc1ccc([C@@H](CC(=O)Nc2ccc(F)cc2F)N2Cc3ccccc3C2=O)cc1. The summed E-state index contributed by atoms with van der Waals surface area (Å²) in [6.07, 6.45) is -0.0944. The third-order valence-corrected chi connectivity index (χ3v) is 5.31. The fourth-order valence-electron chi connectivity index (χ4n) is 3.73. The van der Waals surface area contributed by atoms with E-state index in [-0.39, 0.29) is 18.0 Å². The number of hydrogen-bond acceptors (Lipinski definition) is 3. The Bertz CT molecular complexity index is 1130. The normalized spacial score (nSPS) is 13.6. The predicted octanol–water partition coefficient (Wildman–Crippen LogP) is 4.70. The minimum atomic E-state index is -0.862. The highest BCUT2D eigenvalue weighted by Gasteiger charge is 2.34. The van der Waals surface area contributed by atoms with Gasteiger partial charge in [0.2, 0.25) is 5.91 Å². The van der Waals surface area contributed by atoms with E-state index in [0.29, 0.717) is 23.9 Å². The second-order valence-electron chi connectivity index (χ2n) is 7.26. The maximum absolute atomic E-state index is 14.0. The second kappa shape index (κ2) is 8.55. The van der Waals surface area contributed by atoms with Crippen molar-refractivity contribution < 1.29 is 23.1 Å². The average molecular weight is 422 g/mol. The third-order valence-electron chi connectivity index (χ3n) is 5.31. The molecule has 7 heteroatoms. The van der Waals surface area contributed by atoms with Gasteiger partial charge in [0, 0.05) is 18.2 Å². The lowest BCUT2D eigenvalue weighted by atomic mass is 10.0. The van der Waals surface area contributed by atoms with E-state index in [9.17, 15) is 18.4 Å². The van der Waals surface area contributed by atoms with E-state index in [1.54, 1.807) is 48.4 Å². The maximum Gasteiger partial charge on any atom is 0.255 e. The van der Waals surface area contributed by atoms with Crippen molar-refractivity contribution >= 4 is 17.5 Å². The van der Waals surface area contributed by atoms with Gasteiger partial charge in [-0.15, -0.1) is 0 Å². The van der Waals surface area contributed by atoms with Crippen LogP contribution in [0.5, 0.6) is 5.75 Å². The van der Waals surface area contributed by atoms with E-state index in [2.05, 4.69) is 5.32 Å². The second-order valence-corrected chi connectivity index (χ2v) is 7.26. The van der Waals surface area contributed by atoms with Gasteiger partial charge in [-0.3, -0.25) is 9.59 Å². The molecule has 0 bridgehead atoms. The van der Waals surface area contributed by atoms with E-state index in [0.717, 1.165) is 17.2 Å². The van der Waals surface area contributed by atoms with Gasteiger partial charge in [0.25, 0.3) is 5.91 Å². The van der Waals surface area contributed by atoms with Gasteiger partial charge in [-0.1, -0.05) is 30.3 Å². The Morgan fingerprint density at radius 3 is 2.52 bits per heavy atom. The van der Waals surface area contributed by atoms with Crippen molar-refractivity contribution in [1.82, 2.24) is 4.90 Å². The van der Waals surface area contributed by atoms with Gasteiger partial charge in [-0.05, 0) is 41.5 Å². The van der Waals surface area contributed by atoms with Crippen LogP contribution < -0.4 is 10.1 Å². The summed E-state index contributed by atoms with van der Waals surface area (Å²) in [5.41, 5.74) is 2.12. The summed E-state index contributed by atoms with van der Waals surface area (Å²) in [7, 11) is 1.55. The molecule has 0 spiro atoms. The van der Waals surface area contributed by atoms with E-state index < -0.39 is 23.6 Å². The van der Waals surface area contributed by atoms with Crippen LogP contribution in [0.1, 0.15) is 33.9 Å². The highest BCUT2D eigenvalue weighted by atomic mass is 19.1. The molecule has 3 aromatic rings. The van der Waals surface area contributed by atoms with Gasteiger partial charge >= 0.3 is 0 Å². The molecular weight excluding hydrogens is 402 g/mol. The van der Waals surface area contributed by atoms with Crippen molar-refractivity contribution in [2.24, 2.45) is 0 Å². The molecule has 0 fully saturated rings. The number of anilines is 1. The fourth-order valence-corrected chi connectivity index (χ4v) is 3.73. The van der Waals surface area contributed by atoms with Gasteiger partial charge in [-0.25, -0.2) is 8.78 Å². The lowest BCUT2D eigenvalue weighted by molar-refractivity contribution is -0.117. The Labute approximate surface area is 178 Å². The largest absolute Gasteiger partial charge is 0.497 e. The number of nitrogens with one attached hydrogen (secondary N) is 1. The van der Waals surface area contributed by atoms with E-state index in [1.807, 2.05) is 12.1 Å². The van der Waals surface area contributed by atoms with Gasteiger partial charge < -0.3 is 15.0 Å². The van der Waals surface area contributed by atoms with Crippen LogP contribution in [-0.4, -0.2) is 23.8 Å². The molecule has 0 saturated heterocycles. The molecule has 0 radical (unpaired) electrons. The van der Waals surface area contributed by atoms with Crippen LogP contribution in [0.25, 0.3) is 0 Å². The quantitative estimate of drug-likeness (QED) is 0.627. The zero-order chi connectivity index (χ0) is 22.0. The zero-order valence-electron chi connectivity index (χ0n) is 16.8. The number of carbonyl (C=O) groups is 2. The predicted molar refractivity (Wildman–Crippen MR) is 112 cm³/mol. The number of nitrogens with zero attached hydrogens (tertiary/aromatic N) is 1. The smallest absolute Gasteiger partial charge is 0.255 e. The van der Waals surface area contributed by atoms with Crippen molar-refractivity contribution in [1.29, 1.82) is 0 Å². The van der Waals surface area contributed by atoms with Crippen molar-refractivity contribution in [2.45, 2.75) is 19.0 Å². The molecule has 3 aromatic carbocycles. The monoisotopic (exact) mass is 422 g/mol. The number of amides is 2. The number of benzene rings is 3. The number of hydrogen-bond donors (Lipinski definition) is 1. The molecule has 1 atom stereocenters. The number of halogens is 2. The van der Waals surface area contributed by atoms with Gasteiger partial charge in [0.1, 0.15) is 17.4 Å². The van der Waals surface area contributed by atoms with Crippen molar-refractivity contribution in [3.63, 3.8) is 0 Å². The summed E-state index contributed by atoms with van der Waals surface area (Å²) in [5.74, 6) is -1.60. The molecule has 1 heterocycles. The first-order valence-electron chi connectivity index (χ1n) is 9.74. The third kappa shape index (κ3) is 4.26. The maximum atomic E-state index is 14.0. The summed E-state index contributed by atoms with van der Waals surface area (Å²) in [6, 6.07) is 16.8. The molecule has 1 aliphatic heterocycles. The Kier molecular flexibility index (Phi) is 5.66. The van der Waals surface area contributed by atoms with Crippen LogP contribution in [0.15, 0.2) is 66.7 Å². The van der Waals surface area contributed by atoms with Crippen LogP contribution in [0.3, 0.4) is 0 Å². The van der Waals surface area contributed by atoms with Crippen LogP contribution in [0.2, 0.25) is 0 Å². The number of ether oxygens (including phenoxy) is 1. The standard InChI is InChI=1S/C24H20F2N2O3/c1-31-18-9-6-15(7-10-18)22(28-14-16-4-2-3-5-19(16)24(28)30)13-23(29)27-21-11-8-17(25)12-20(21)26/h2-12,22H,13-14H2,1H3,(H,27,29)/t22-/m1/s1. The van der Waals surface area contributed by atoms with Crippen LogP contribution in [0.4, 0.5) is 14.5 Å². The zero-order valence-corrected chi connectivity index (χ0v) is 16.8. The molecule has 158 valence electrons. The van der Waals surface area contributed by atoms with E-state index >= 15 is 0 Å². The molecule has 4 rings (SSSR count). The van der Waals surface area contributed by atoms with Gasteiger partial charge in [0.05, 0.1) is 25.3 Å².